The summed E-state index contributed by atoms with van der Waals surface area (Å²) in [5, 5.41) is 2.82. The molecular formula is C11H17N3O. The highest BCUT2D eigenvalue weighted by atomic mass is 16.1. The van der Waals surface area contributed by atoms with Crippen molar-refractivity contribution in [2.75, 3.05) is 6.54 Å². The van der Waals surface area contributed by atoms with Crippen LogP contribution in [0.5, 0.6) is 0 Å². The smallest absolute Gasteiger partial charge is 0.221 e. The lowest BCUT2D eigenvalue weighted by Gasteiger charge is -2.06. The molecule has 1 atom stereocenters. The summed E-state index contributed by atoms with van der Waals surface area (Å²) in [5.74, 6) is 0.0130. The normalized spacial score (nSPS) is 12.1. The van der Waals surface area contributed by atoms with Crippen LogP contribution in [0.25, 0.3) is 0 Å². The Morgan fingerprint density at radius 3 is 2.80 bits per heavy atom. The van der Waals surface area contributed by atoms with Gasteiger partial charge in [0.1, 0.15) is 0 Å². The third-order valence-electron chi connectivity index (χ3n) is 1.99. The van der Waals surface area contributed by atoms with E-state index in [1.54, 1.807) is 12.4 Å². The Morgan fingerprint density at radius 1 is 1.53 bits per heavy atom. The molecule has 0 aliphatic heterocycles. The highest BCUT2D eigenvalue weighted by Crippen LogP contribution is 1.96. The predicted molar refractivity (Wildman–Crippen MR) is 59.2 cm³/mol. The van der Waals surface area contributed by atoms with Crippen LogP contribution in [0.15, 0.2) is 24.5 Å². The summed E-state index contributed by atoms with van der Waals surface area (Å²) in [5.41, 5.74) is 6.68. The maximum absolute atomic E-state index is 11.2. The number of carbonyl (C=O) groups excluding carboxylic acids is 1. The van der Waals surface area contributed by atoms with E-state index in [0.29, 0.717) is 13.0 Å². The van der Waals surface area contributed by atoms with Crippen molar-refractivity contribution >= 4 is 5.91 Å². The van der Waals surface area contributed by atoms with Gasteiger partial charge in [-0.2, -0.15) is 0 Å². The molecule has 0 aromatic carbocycles. The van der Waals surface area contributed by atoms with E-state index in [0.717, 1.165) is 6.42 Å². The van der Waals surface area contributed by atoms with E-state index in [9.17, 15) is 4.79 Å². The van der Waals surface area contributed by atoms with Crippen LogP contribution in [0.2, 0.25) is 0 Å². The van der Waals surface area contributed by atoms with Crippen molar-refractivity contribution in [2.45, 2.75) is 25.8 Å². The fourth-order valence-electron chi connectivity index (χ4n) is 1.26. The van der Waals surface area contributed by atoms with Gasteiger partial charge in [0, 0.05) is 31.4 Å². The highest BCUT2D eigenvalue weighted by Gasteiger charge is 2.03. The lowest BCUT2D eigenvalue weighted by Crippen LogP contribution is -2.31. The third-order valence-corrected chi connectivity index (χ3v) is 1.99. The van der Waals surface area contributed by atoms with Gasteiger partial charge in [0.2, 0.25) is 5.91 Å². The van der Waals surface area contributed by atoms with Crippen molar-refractivity contribution in [1.82, 2.24) is 10.3 Å². The average Bonchev–Trinajstić information content (AvgIpc) is 2.18. The highest BCUT2D eigenvalue weighted by molar-refractivity contribution is 5.76. The SMILES string of the molecule is CC(N)CC(=O)NCCc1ccncc1. The lowest BCUT2D eigenvalue weighted by molar-refractivity contribution is -0.121. The van der Waals surface area contributed by atoms with Gasteiger partial charge in [-0.25, -0.2) is 0 Å². The van der Waals surface area contributed by atoms with E-state index in [4.69, 9.17) is 5.73 Å². The summed E-state index contributed by atoms with van der Waals surface area (Å²) in [6.07, 6.45) is 4.71. The van der Waals surface area contributed by atoms with Crippen molar-refractivity contribution in [2.24, 2.45) is 5.73 Å². The number of amides is 1. The molecule has 1 amide bonds. The van der Waals surface area contributed by atoms with Gasteiger partial charge in [0.25, 0.3) is 0 Å². The van der Waals surface area contributed by atoms with Gasteiger partial charge in [0.05, 0.1) is 0 Å². The molecule has 0 aliphatic rings. The molecule has 0 spiro atoms. The Labute approximate surface area is 89.9 Å². The van der Waals surface area contributed by atoms with E-state index in [1.807, 2.05) is 19.1 Å². The molecule has 1 aromatic rings. The van der Waals surface area contributed by atoms with E-state index in [2.05, 4.69) is 10.3 Å². The number of carbonyl (C=O) groups is 1. The van der Waals surface area contributed by atoms with E-state index < -0.39 is 0 Å². The zero-order valence-corrected chi connectivity index (χ0v) is 8.94. The molecule has 1 aromatic heterocycles. The Balaban J connectivity index is 2.19. The molecule has 0 bridgehead atoms. The minimum absolute atomic E-state index is 0.0130. The van der Waals surface area contributed by atoms with Gasteiger partial charge in [-0.05, 0) is 31.0 Å². The summed E-state index contributed by atoms with van der Waals surface area (Å²) in [7, 11) is 0. The van der Waals surface area contributed by atoms with Crippen LogP contribution in [0, 0.1) is 0 Å². The first-order chi connectivity index (χ1) is 7.18. The van der Waals surface area contributed by atoms with Gasteiger partial charge in [-0.15, -0.1) is 0 Å². The first-order valence-electron chi connectivity index (χ1n) is 5.09. The van der Waals surface area contributed by atoms with Gasteiger partial charge in [-0.3, -0.25) is 9.78 Å². The van der Waals surface area contributed by atoms with Crippen LogP contribution < -0.4 is 11.1 Å². The van der Waals surface area contributed by atoms with E-state index >= 15 is 0 Å². The number of aromatic nitrogens is 1. The van der Waals surface area contributed by atoms with Crippen molar-refractivity contribution in [1.29, 1.82) is 0 Å². The Hall–Kier alpha value is -1.42. The lowest BCUT2D eigenvalue weighted by atomic mass is 10.2. The second-order valence-corrected chi connectivity index (χ2v) is 3.64. The first kappa shape index (κ1) is 11.7. The molecule has 1 heterocycles. The zero-order chi connectivity index (χ0) is 11.1. The summed E-state index contributed by atoms with van der Waals surface area (Å²) in [6.45, 7) is 2.47. The van der Waals surface area contributed by atoms with Crippen LogP contribution in [-0.2, 0) is 11.2 Å². The van der Waals surface area contributed by atoms with Crippen molar-refractivity contribution in [3.63, 3.8) is 0 Å². The summed E-state index contributed by atoms with van der Waals surface area (Å²) in [6, 6.07) is 3.81. The van der Waals surface area contributed by atoms with Crippen molar-refractivity contribution in [3.8, 4) is 0 Å². The van der Waals surface area contributed by atoms with E-state index in [-0.39, 0.29) is 11.9 Å². The molecule has 1 unspecified atom stereocenters. The van der Waals surface area contributed by atoms with Crippen LogP contribution in [0.3, 0.4) is 0 Å². The monoisotopic (exact) mass is 207 g/mol. The number of nitrogens with zero attached hydrogens (tertiary/aromatic N) is 1. The Bertz CT molecular complexity index is 298. The standard InChI is InChI=1S/C11H17N3O/c1-9(12)8-11(15)14-7-4-10-2-5-13-6-3-10/h2-3,5-6,9H,4,7-8,12H2,1H3,(H,14,15). The number of pyridine rings is 1. The molecule has 0 aliphatic carbocycles. The molecule has 4 nitrogen and oxygen atoms in total. The minimum Gasteiger partial charge on any atom is -0.356 e. The van der Waals surface area contributed by atoms with Crippen LogP contribution in [-0.4, -0.2) is 23.5 Å². The average molecular weight is 207 g/mol. The van der Waals surface area contributed by atoms with E-state index in [1.165, 1.54) is 5.56 Å². The quantitative estimate of drug-likeness (QED) is 0.737. The van der Waals surface area contributed by atoms with Crippen LogP contribution in [0.4, 0.5) is 0 Å². The molecule has 82 valence electrons. The van der Waals surface area contributed by atoms with Gasteiger partial charge >= 0.3 is 0 Å². The molecule has 1 rings (SSSR count). The van der Waals surface area contributed by atoms with Gasteiger partial charge in [-0.1, -0.05) is 0 Å². The Morgan fingerprint density at radius 2 is 2.20 bits per heavy atom. The molecule has 0 saturated carbocycles. The Kier molecular flexibility index (Phi) is 4.77. The molecule has 4 heteroatoms. The largest absolute Gasteiger partial charge is 0.356 e. The van der Waals surface area contributed by atoms with Crippen LogP contribution in [0.1, 0.15) is 18.9 Å². The molecule has 0 saturated heterocycles. The number of hydrogen-bond acceptors (Lipinski definition) is 3. The minimum atomic E-state index is -0.0778. The van der Waals surface area contributed by atoms with Crippen molar-refractivity contribution < 1.29 is 4.79 Å². The number of hydrogen-bond donors (Lipinski definition) is 2. The summed E-state index contributed by atoms with van der Waals surface area (Å²) < 4.78 is 0. The number of nitrogens with two attached hydrogens (primary N) is 1. The molecular weight excluding hydrogens is 190 g/mol. The number of nitrogens with one attached hydrogen (secondary N) is 1. The second kappa shape index (κ2) is 6.14. The van der Waals surface area contributed by atoms with Crippen LogP contribution >= 0.6 is 0 Å². The number of rotatable bonds is 5. The zero-order valence-electron chi connectivity index (χ0n) is 8.94. The fraction of sp³-hybridized carbons (Fsp3) is 0.455. The first-order valence-corrected chi connectivity index (χ1v) is 5.09. The maximum atomic E-state index is 11.2. The molecule has 15 heavy (non-hydrogen) atoms. The maximum Gasteiger partial charge on any atom is 0.221 e. The fourth-order valence-corrected chi connectivity index (χ4v) is 1.26. The third kappa shape index (κ3) is 5.12. The topological polar surface area (TPSA) is 68.0 Å². The second-order valence-electron chi connectivity index (χ2n) is 3.64. The van der Waals surface area contributed by atoms with Gasteiger partial charge in [0.15, 0.2) is 0 Å². The summed E-state index contributed by atoms with van der Waals surface area (Å²) in [4.78, 5) is 15.2. The molecule has 0 radical (unpaired) electrons. The molecule has 0 fully saturated rings. The predicted octanol–water partition coefficient (Wildman–Crippen LogP) is 0.478. The summed E-state index contributed by atoms with van der Waals surface area (Å²) >= 11 is 0. The van der Waals surface area contributed by atoms with Crippen molar-refractivity contribution in [3.05, 3.63) is 30.1 Å². The molecule has 3 N–H and O–H groups in total. The van der Waals surface area contributed by atoms with Gasteiger partial charge < -0.3 is 11.1 Å².